The average Bonchev–Trinajstić information content (AvgIpc) is 2.63. The van der Waals surface area contributed by atoms with Crippen LogP contribution < -0.4 is 0 Å². The molecule has 0 saturated carbocycles. The Morgan fingerprint density at radius 2 is 1.46 bits per heavy atom. The fourth-order valence-corrected chi connectivity index (χ4v) is 5.52. The number of benzene rings is 2. The molecule has 0 fully saturated rings. The molecule has 24 heavy (non-hydrogen) atoms. The van der Waals surface area contributed by atoms with Crippen molar-refractivity contribution < 1.29 is 8.42 Å². The Bertz CT molecular complexity index is 871. The van der Waals surface area contributed by atoms with Crippen LogP contribution in [0.1, 0.15) is 5.56 Å². The van der Waals surface area contributed by atoms with E-state index in [0.29, 0.717) is 5.75 Å². The Kier molecular flexibility index (Phi) is 5.30. The maximum Gasteiger partial charge on any atom is 0.156 e. The van der Waals surface area contributed by atoms with Crippen LogP contribution in [0.2, 0.25) is 0 Å². The molecule has 122 valence electrons. The van der Waals surface area contributed by atoms with Crippen LogP contribution in [0.3, 0.4) is 0 Å². The minimum atomic E-state index is -3.80. The molecule has 1 atom stereocenters. The average molecular weight is 356 g/mol. The van der Waals surface area contributed by atoms with Gasteiger partial charge < -0.3 is 4.13 Å². The maximum atomic E-state index is 12.6. The lowest BCUT2D eigenvalue weighted by Gasteiger charge is -2.21. The highest BCUT2D eigenvalue weighted by Gasteiger charge is 2.20. The zero-order chi connectivity index (χ0) is 16.8. The number of pyridine rings is 1. The third-order valence-corrected chi connectivity index (χ3v) is 6.95. The number of hydrogen-bond donors (Lipinski definition) is 0. The maximum absolute atomic E-state index is 12.6. The molecule has 3 aromatic rings. The third-order valence-electron chi connectivity index (χ3n) is 3.25. The minimum absolute atomic E-state index is 0.0218. The summed E-state index contributed by atoms with van der Waals surface area (Å²) in [6, 6.07) is 24.1. The molecule has 0 radical (unpaired) electrons. The largest absolute Gasteiger partial charge is 0.305 e. The standard InChI is InChI=1S/C18H16N2O2S2/c21-24(22,18-13-7-8-14-19-18)20-23(17-11-5-2-6-12-17)15-16-9-3-1-4-10-16/h1-14H,15H2. The van der Waals surface area contributed by atoms with E-state index < -0.39 is 21.1 Å². The Hall–Kier alpha value is -2.15. The normalized spacial score (nSPS) is 12.7. The van der Waals surface area contributed by atoms with E-state index in [-0.39, 0.29) is 5.03 Å². The quantitative estimate of drug-likeness (QED) is 0.629. The van der Waals surface area contributed by atoms with Gasteiger partial charge in [-0.25, -0.2) is 13.4 Å². The molecule has 0 aliphatic heterocycles. The molecule has 0 aliphatic carbocycles. The van der Waals surface area contributed by atoms with Gasteiger partial charge in [0.1, 0.15) is 15.7 Å². The van der Waals surface area contributed by atoms with E-state index in [2.05, 4.69) is 9.11 Å². The van der Waals surface area contributed by atoms with Crippen molar-refractivity contribution in [2.75, 3.05) is 0 Å². The molecule has 1 unspecified atom stereocenters. The van der Waals surface area contributed by atoms with Crippen molar-refractivity contribution in [1.29, 1.82) is 0 Å². The van der Waals surface area contributed by atoms with Gasteiger partial charge in [0, 0.05) is 11.8 Å². The van der Waals surface area contributed by atoms with Crippen LogP contribution in [0.5, 0.6) is 0 Å². The van der Waals surface area contributed by atoms with Crippen molar-refractivity contribution in [2.24, 2.45) is 0 Å². The van der Waals surface area contributed by atoms with Crippen LogP contribution in [0, 0.1) is 0 Å². The van der Waals surface area contributed by atoms with Gasteiger partial charge in [0.05, 0.1) is 0 Å². The first-order valence-corrected chi connectivity index (χ1v) is 10.1. The summed E-state index contributed by atoms with van der Waals surface area (Å²) in [6.07, 6.45) is 1.46. The zero-order valence-corrected chi connectivity index (χ0v) is 14.5. The van der Waals surface area contributed by atoms with Gasteiger partial charge in [-0.1, -0.05) is 54.6 Å². The van der Waals surface area contributed by atoms with Crippen LogP contribution in [-0.4, -0.2) is 13.4 Å². The molecule has 2 aromatic carbocycles. The summed E-state index contributed by atoms with van der Waals surface area (Å²) in [6.45, 7) is 0. The van der Waals surface area contributed by atoms with Crippen molar-refractivity contribution in [2.45, 2.75) is 15.7 Å². The molecule has 1 aromatic heterocycles. The molecule has 3 rings (SSSR count). The van der Waals surface area contributed by atoms with E-state index in [1.807, 2.05) is 60.7 Å². The van der Waals surface area contributed by atoms with Gasteiger partial charge in [-0.3, -0.25) is 0 Å². The van der Waals surface area contributed by atoms with E-state index in [4.69, 9.17) is 0 Å². The second kappa shape index (κ2) is 7.61. The number of hydrogen-bond acceptors (Lipinski definition) is 3. The summed E-state index contributed by atoms with van der Waals surface area (Å²) in [4.78, 5) is 4.82. The topological polar surface area (TPSA) is 61.1 Å². The van der Waals surface area contributed by atoms with Gasteiger partial charge in [-0.2, -0.15) is 0 Å². The lowest BCUT2D eigenvalue weighted by atomic mass is 10.2. The van der Waals surface area contributed by atoms with Crippen LogP contribution in [0.25, 0.3) is 4.13 Å². The molecule has 0 spiro atoms. The van der Waals surface area contributed by atoms with Crippen molar-refractivity contribution in [3.63, 3.8) is 0 Å². The van der Waals surface area contributed by atoms with Gasteiger partial charge in [0.25, 0.3) is 0 Å². The molecule has 4 nitrogen and oxygen atoms in total. The van der Waals surface area contributed by atoms with E-state index >= 15 is 0 Å². The lowest BCUT2D eigenvalue weighted by molar-refractivity contribution is 0.600. The first kappa shape index (κ1) is 16.7. The first-order chi connectivity index (χ1) is 11.6. The van der Waals surface area contributed by atoms with Crippen molar-refractivity contribution in [3.05, 3.63) is 94.8 Å². The highest BCUT2D eigenvalue weighted by Crippen LogP contribution is 2.29. The summed E-state index contributed by atoms with van der Waals surface area (Å²) >= 11 is -0.812. The van der Waals surface area contributed by atoms with Gasteiger partial charge in [-0.15, -0.1) is 0 Å². The predicted molar refractivity (Wildman–Crippen MR) is 97.0 cm³/mol. The fourth-order valence-electron chi connectivity index (χ4n) is 2.12. The van der Waals surface area contributed by atoms with Crippen LogP contribution in [-0.2, 0) is 26.9 Å². The van der Waals surface area contributed by atoms with Crippen LogP contribution >= 0.6 is 0 Å². The molecular weight excluding hydrogens is 340 g/mol. The SMILES string of the molecule is O=S(=O)([N-][S+](Cc1ccccc1)c1ccccc1)c1ccccn1. The molecule has 0 aliphatic rings. The second-order valence-corrected chi connectivity index (χ2v) is 8.48. The number of sulfonamides is 1. The molecule has 0 N–H and O–H groups in total. The van der Waals surface area contributed by atoms with Crippen molar-refractivity contribution in [1.82, 2.24) is 4.98 Å². The molecule has 0 saturated heterocycles. The monoisotopic (exact) mass is 356 g/mol. The summed E-state index contributed by atoms with van der Waals surface area (Å²) < 4.78 is 29.3. The number of aromatic nitrogens is 1. The van der Waals surface area contributed by atoms with E-state index in [0.717, 1.165) is 10.5 Å². The van der Waals surface area contributed by atoms with Crippen molar-refractivity contribution >= 4 is 21.1 Å². The summed E-state index contributed by atoms with van der Waals surface area (Å²) in [7, 11) is -3.80. The van der Waals surface area contributed by atoms with Gasteiger partial charge in [0.15, 0.2) is 10.0 Å². The molecular formula is C18H16N2O2S2. The van der Waals surface area contributed by atoms with Crippen LogP contribution in [0.15, 0.2) is 95.0 Å². The Labute approximate surface area is 145 Å². The Morgan fingerprint density at radius 3 is 2.08 bits per heavy atom. The van der Waals surface area contributed by atoms with Gasteiger partial charge >= 0.3 is 0 Å². The van der Waals surface area contributed by atoms with Crippen LogP contribution in [0.4, 0.5) is 0 Å². The van der Waals surface area contributed by atoms with Gasteiger partial charge in [0.2, 0.25) is 0 Å². The molecule has 6 heteroatoms. The van der Waals surface area contributed by atoms with Gasteiger partial charge in [-0.05, 0) is 35.3 Å². The molecule has 0 bridgehead atoms. The second-order valence-electron chi connectivity index (χ2n) is 5.03. The lowest BCUT2D eigenvalue weighted by Crippen LogP contribution is -2.12. The van der Waals surface area contributed by atoms with Crippen molar-refractivity contribution in [3.8, 4) is 0 Å². The third kappa shape index (κ3) is 4.23. The molecule has 0 amide bonds. The fraction of sp³-hybridized carbons (Fsp3) is 0.0556. The minimum Gasteiger partial charge on any atom is -0.305 e. The predicted octanol–water partition coefficient (Wildman–Crippen LogP) is 3.94. The van der Waals surface area contributed by atoms with E-state index in [1.165, 1.54) is 12.3 Å². The van der Waals surface area contributed by atoms with E-state index in [1.54, 1.807) is 12.1 Å². The Balaban J connectivity index is 1.91. The Morgan fingerprint density at radius 1 is 0.833 bits per heavy atom. The molecule has 1 heterocycles. The zero-order valence-electron chi connectivity index (χ0n) is 12.8. The highest BCUT2D eigenvalue weighted by molar-refractivity contribution is 8.14. The summed E-state index contributed by atoms with van der Waals surface area (Å²) in [5, 5.41) is -0.0218. The number of nitrogens with zero attached hydrogens (tertiary/aromatic N) is 2. The highest BCUT2D eigenvalue weighted by atomic mass is 32.3. The number of rotatable bonds is 6. The summed E-state index contributed by atoms with van der Waals surface area (Å²) in [5.74, 6) is 0.539. The first-order valence-electron chi connectivity index (χ1n) is 7.34. The van der Waals surface area contributed by atoms with E-state index in [9.17, 15) is 8.42 Å². The summed E-state index contributed by atoms with van der Waals surface area (Å²) in [5.41, 5.74) is 1.05. The smallest absolute Gasteiger partial charge is 0.156 e.